The fourth-order valence-corrected chi connectivity index (χ4v) is 1.57. The summed E-state index contributed by atoms with van der Waals surface area (Å²) in [7, 11) is 4.08. The van der Waals surface area contributed by atoms with Crippen LogP contribution in [-0.4, -0.2) is 49.4 Å². The number of rotatable bonds is 9. The Morgan fingerprint density at radius 1 is 1.06 bits per heavy atom. The molecular weight excluding hydrogens is 212 g/mol. The van der Waals surface area contributed by atoms with E-state index in [1.807, 2.05) is 25.1 Å². The summed E-state index contributed by atoms with van der Waals surface area (Å²) in [5.74, 6) is 0.166. The third-order valence-corrected chi connectivity index (χ3v) is 2.59. The minimum absolute atomic E-state index is 0.166. The van der Waals surface area contributed by atoms with Crippen LogP contribution in [0.4, 0.5) is 0 Å². The van der Waals surface area contributed by atoms with Crippen LogP contribution in [0.2, 0.25) is 0 Å². The lowest BCUT2D eigenvalue weighted by molar-refractivity contribution is -0.126. The van der Waals surface area contributed by atoms with Crippen LogP contribution in [0.1, 0.15) is 39.5 Å². The van der Waals surface area contributed by atoms with Gasteiger partial charge < -0.3 is 9.80 Å². The van der Waals surface area contributed by atoms with Gasteiger partial charge in [0.1, 0.15) is 0 Å². The van der Waals surface area contributed by atoms with Gasteiger partial charge in [0.2, 0.25) is 5.91 Å². The van der Waals surface area contributed by atoms with Crippen molar-refractivity contribution in [2.24, 2.45) is 0 Å². The lowest BCUT2D eigenvalue weighted by atomic mass is 10.2. The molecule has 0 aromatic carbocycles. The number of hydrogen-bond acceptors (Lipinski definition) is 2. The Kier molecular flexibility index (Phi) is 9.83. The standard InChI is InChI=1S/C14H28N2O/c1-5-7-13-16(11-6-2)14(17)10-8-9-12-15(3)4/h8,10H,5-7,9,11-13H2,1-4H3/b10-8+. The molecule has 0 radical (unpaired) electrons. The Hall–Kier alpha value is -0.830. The molecule has 0 saturated carbocycles. The maximum absolute atomic E-state index is 11.9. The van der Waals surface area contributed by atoms with E-state index in [-0.39, 0.29) is 5.91 Å². The first kappa shape index (κ1) is 16.2. The van der Waals surface area contributed by atoms with Gasteiger partial charge in [-0.15, -0.1) is 0 Å². The zero-order valence-corrected chi connectivity index (χ0v) is 11.9. The zero-order valence-electron chi connectivity index (χ0n) is 11.9. The van der Waals surface area contributed by atoms with E-state index in [2.05, 4.69) is 18.7 Å². The number of unbranched alkanes of at least 4 members (excludes halogenated alkanes) is 1. The molecule has 100 valence electrons. The highest BCUT2D eigenvalue weighted by atomic mass is 16.2. The minimum atomic E-state index is 0.166. The molecule has 0 aromatic rings. The highest BCUT2D eigenvalue weighted by Gasteiger charge is 2.07. The van der Waals surface area contributed by atoms with Gasteiger partial charge in [0.25, 0.3) is 0 Å². The van der Waals surface area contributed by atoms with Crippen molar-refractivity contribution in [3.8, 4) is 0 Å². The van der Waals surface area contributed by atoms with Crippen LogP contribution in [0.5, 0.6) is 0 Å². The molecule has 0 unspecified atom stereocenters. The number of nitrogens with zero attached hydrogens (tertiary/aromatic N) is 2. The Labute approximate surface area is 106 Å². The largest absolute Gasteiger partial charge is 0.339 e. The average molecular weight is 240 g/mol. The molecule has 0 atom stereocenters. The lowest BCUT2D eigenvalue weighted by Crippen LogP contribution is -2.31. The third kappa shape index (κ3) is 8.93. The first-order chi connectivity index (χ1) is 8.11. The molecule has 0 fully saturated rings. The summed E-state index contributed by atoms with van der Waals surface area (Å²) in [6.45, 7) is 7.02. The van der Waals surface area contributed by atoms with Gasteiger partial charge in [-0.25, -0.2) is 0 Å². The van der Waals surface area contributed by atoms with Crippen LogP contribution >= 0.6 is 0 Å². The summed E-state index contributed by atoms with van der Waals surface area (Å²) in [5, 5.41) is 0. The molecule has 3 heteroatoms. The number of hydrogen-bond donors (Lipinski definition) is 0. The van der Waals surface area contributed by atoms with Crippen molar-refractivity contribution in [3.63, 3.8) is 0 Å². The number of carbonyl (C=O) groups is 1. The lowest BCUT2D eigenvalue weighted by Gasteiger charge is -2.20. The second-order valence-electron chi connectivity index (χ2n) is 4.67. The molecule has 0 rings (SSSR count). The highest BCUT2D eigenvalue weighted by Crippen LogP contribution is 1.99. The van der Waals surface area contributed by atoms with E-state index in [1.165, 1.54) is 0 Å². The Balaban J connectivity index is 4.02. The van der Waals surface area contributed by atoms with E-state index in [9.17, 15) is 4.79 Å². The van der Waals surface area contributed by atoms with Crippen molar-refractivity contribution < 1.29 is 4.79 Å². The van der Waals surface area contributed by atoms with E-state index in [1.54, 1.807) is 6.08 Å². The van der Waals surface area contributed by atoms with Gasteiger partial charge in [0.15, 0.2) is 0 Å². The topological polar surface area (TPSA) is 23.6 Å². The predicted molar refractivity (Wildman–Crippen MR) is 74.1 cm³/mol. The maximum atomic E-state index is 11.9. The molecular formula is C14H28N2O. The normalized spacial score (nSPS) is 11.4. The second-order valence-corrected chi connectivity index (χ2v) is 4.67. The van der Waals surface area contributed by atoms with Gasteiger partial charge in [0, 0.05) is 19.6 Å². The Bertz CT molecular complexity index is 224. The van der Waals surface area contributed by atoms with Crippen molar-refractivity contribution in [2.75, 3.05) is 33.7 Å². The van der Waals surface area contributed by atoms with E-state index in [4.69, 9.17) is 0 Å². The van der Waals surface area contributed by atoms with Crippen molar-refractivity contribution in [1.29, 1.82) is 0 Å². The molecule has 0 N–H and O–H groups in total. The molecule has 1 amide bonds. The van der Waals surface area contributed by atoms with E-state index in [0.717, 1.165) is 45.3 Å². The smallest absolute Gasteiger partial charge is 0.246 e. The first-order valence-corrected chi connectivity index (χ1v) is 6.72. The second kappa shape index (κ2) is 10.3. The quantitative estimate of drug-likeness (QED) is 0.578. The number of amides is 1. The van der Waals surface area contributed by atoms with Gasteiger partial charge in [-0.05, 0) is 39.4 Å². The van der Waals surface area contributed by atoms with Crippen molar-refractivity contribution in [1.82, 2.24) is 9.80 Å². The minimum Gasteiger partial charge on any atom is -0.339 e. The summed E-state index contributed by atoms with van der Waals surface area (Å²) in [5.41, 5.74) is 0. The monoisotopic (exact) mass is 240 g/mol. The van der Waals surface area contributed by atoms with Crippen molar-refractivity contribution in [3.05, 3.63) is 12.2 Å². The zero-order chi connectivity index (χ0) is 13.1. The molecule has 0 saturated heterocycles. The molecule has 17 heavy (non-hydrogen) atoms. The molecule has 0 spiro atoms. The van der Waals surface area contributed by atoms with Gasteiger partial charge in [0.05, 0.1) is 0 Å². The van der Waals surface area contributed by atoms with Gasteiger partial charge in [-0.1, -0.05) is 26.3 Å². The van der Waals surface area contributed by atoms with E-state index in [0.29, 0.717) is 0 Å². The summed E-state index contributed by atoms with van der Waals surface area (Å²) in [6.07, 6.45) is 7.91. The van der Waals surface area contributed by atoms with Crippen molar-refractivity contribution >= 4 is 5.91 Å². The molecule has 0 bridgehead atoms. The Morgan fingerprint density at radius 3 is 2.29 bits per heavy atom. The van der Waals surface area contributed by atoms with Crippen LogP contribution in [-0.2, 0) is 4.79 Å². The van der Waals surface area contributed by atoms with E-state index < -0.39 is 0 Å². The molecule has 0 aromatic heterocycles. The highest BCUT2D eigenvalue weighted by molar-refractivity contribution is 5.87. The molecule has 0 aliphatic carbocycles. The van der Waals surface area contributed by atoms with E-state index >= 15 is 0 Å². The summed E-state index contributed by atoms with van der Waals surface area (Å²) >= 11 is 0. The first-order valence-electron chi connectivity index (χ1n) is 6.72. The molecule has 0 aliphatic rings. The summed E-state index contributed by atoms with van der Waals surface area (Å²) in [4.78, 5) is 16.0. The fourth-order valence-electron chi connectivity index (χ4n) is 1.57. The van der Waals surface area contributed by atoms with Crippen LogP contribution in [0.15, 0.2) is 12.2 Å². The average Bonchev–Trinajstić information content (AvgIpc) is 2.29. The molecule has 3 nitrogen and oxygen atoms in total. The SMILES string of the molecule is CCCCN(CCC)C(=O)/C=C/CCN(C)C. The van der Waals surface area contributed by atoms with Crippen LogP contribution in [0, 0.1) is 0 Å². The van der Waals surface area contributed by atoms with Crippen LogP contribution in [0.3, 0.4) is 0 Å². The van der Waals surface area contributed by atoms with Gasteiger partial charge >= 0.3 is 0 Å². The summed E-state index contributed by atoms with van der Waals surface area (Å²) < 4.78 is 0. The van der Waals surface area contributed by atoms with Crippen LogP contribution < -0.4 is 0 Å². The number of carbonyl (C=O) groups excluding carboxylic acids is 1. The van der Waals surface area contributed by atoms with Crippen molar-refractivity contribution in [2.45, 2.75) is 39.5 Å². The molecule has 0 aliphatic heterocycles. The van der Waals surface area contributed by atoms with Gasteiger partial charge in [-0.3, -0.25) is 4.79 Å². The fraction of sp³-hybridized carbons (Fsp3) is 0.786. The van der Waals surface area contributed by atoms with Gasteiger partial charge in [-0.2, -0.15) is 0 Å². The summed E-state index contributed by atoms with van der Waals surface area (Å²) in [6, 6.07) is 0. The maximum Gasteiger partial charge on any atom is 0.246 e. The van der Waals surface area contributed by atoms with Crippen LogP contribution in [0.25, 0.3) is 0 Å². The Morgan fingerprint density at radius 2 is 1.76 bits per heavy atom. The molecule has 0 heterocycles. The predicted octanol–water partition coefficient (Wildman–Crippen LogP) is 2.53. The third-order valence-electron chi connectivity index (χ3n) is 2.59.